The number of carboxylic acids is 1. The van der Waals surface area contributed by atoms with E-state index in [2.05, 4.69) is 15.0 Å². The zero-order valence-corrected chi connectivity index (χ0v) is 9.92. The summed E-state index contributed by atoms with van der Waals surface area (Å²) in [6, 6.07) is 0. The molecule has 2 aromatic rings. The molecular formula is C10H10FN5O4. The lowest BCUT2D eigenvalue weighted by Crippen LogP contribution is -2.34. The minimum atomic E-state index is -1.93. The van der Waals surface area contributed by atoms with E-state index >= 15 is 0 Å². The van der Waals surface area contributed by atoms with Crippen LogP contribution in [0.5, 0.6) is 0 Å². The number of carbonyl (C=O) groups is 1. The summed E-state index contributed by atoms with van der Waals surface area (Å²) in [5.74, 6) is -1.33. The second-order valence-electron chi connectivity index (χ2n) is 4.30. The van der Waals surface area contributed by atoms with Crippen LogP contribution in [0.2, 0.25) is 0 Å². The van der Waals surface area contributed by atoms with E-state index in [0.29, 0.717) is 0 Å². The molecule has 0 aliphatic carbocycles. The molecular weight excluding hydrogens is 273 g/mol. The Bertz CT molecular complexity index is 677. The van der Waals surface area contributed by atoms with Crippen molar-refractivity contribution < 1.29 is 24.1 Å². The lowest BCUT2D eigenvalue weighted by Gasteiger charge is -2.14. The van der Waals surface area contributed by atoms with Gasteiger partial charge in [0.25, 0.3) is 0 Å². The summed E-state index contributed by atoms with van der Waals surface area (Å²) in [4.78, 5) is 22.4. The van der Waals surface area contributed by atoms with Crippen molar-refractivity contribution in [1.82, 2.24) is 19.5 Å². The molecule has 0 saturated carbocycles. The number of hydrogen-bond donors (Lipinski definition) is 3. The molecule has 1 saturated heterocycles. The van der Waals surface area contributed by atoms with Gasteiger partial charge in [0, 0.05) is 0 Å². The molecule has 1 aliphatic rings. The highest BCUT2D eigenvalue weighted by Crippen LogP contribution is 2.33. The summed E-state index contributed by atoms with van der Waals surface area (Å²) in [5.41, 5.74) is 6.05. The quantitative estimate of drug-likeness (QED) is 0.644. The third-order valence-corrected chi connectivity index (χ3v) is 3.10. The van der Waals surface area contributed by atoms with E-state index in [-0.39, 0.29) is 17.0 Å². The number of aliphatic carboxylic acids is 1. The van der Waals surface area contributed by atoms with Crippen LogP contribution in [0.1, 0.15) is 6.23 Å². The molecule has 0 aromatic carbocycles. The second kappa shape index (κ2) is 4.35. The third-order valence-electron chi connectivity index (χ3n) is 3.10. The van der Waals surface area contributed by atoms with Crippen LogP contribution in [-0.4, -0.2) is 54.1 Å². The van der Waals surface area contributed by atoms with Gasteiger partial charge in [0.2, 0.25) is 0 Å². The van der Waals surface area contributed by atoms with Gasteiger partial charge in [-0.1, -0.05) is 0 Å². The Morgan fingerprint density at radius 1 is 1.45 bits per heavy atom. The maximum absolute atomic E-state index is 14.0. The maximum atomic E-state index is 14.0. The Morgan fingerprint density at radius 3 is 2.85 bits per heavy atom. The average Bonchev–Trinajstić information content (AvgIpc) is 2.94. The van der Waals surface area contributed by atoms with Gasteiger partial charge in [-0.05, 0) is 0 Å². The molecule has 106 valence electrons. The first-order valence-electron chi connectivity index (χ1n) is 5.64. The van der Waals surface area contributed by atoms with Crippen molar-refractivity contribution in [3.8, 4) is 0 Å². The molecule has 4 atom stereocenters. The number of ether oxygens (including phenoxy) is 1. The Kier molecular flexibility index (Phi) is 2.76. The molecule has 9 nitrogen and oxygen atoms in total. The number of nitrogen functional groups attached to an aromatic ring is 1. The average molecular weight is 283 g/mol. The molecule has 0 spiro atoms. The Balaban J connectivity index is 2.04. The van der Waals surface area contributed by atoms with Crippen molar-refractivity contribution in [2.45, 2.75) is 24.6 Å². The Labute approximate surface area is 110 Å². The smallest absolute Gasteiger partial charge is 0.335 e. The van der Waals surface area contributed by atoms with E-state index in [4.69, 9.17) is 15.6 Å². The van der Waals surface area contributed by atoms with E-state index in [1.807, 2.05) is 0 Å². The van der Waals surface area contributed by atoms with E-state index in [1.54, 1.807) is 0 Å². The summed E-state index contributed by atoms with van der Waals surface area (Å²) in [7, 11) is 0. The normalized spacial score (nSPS) is 29.9. The first kappa shape index (κ1) is 12.7. The minimum Gasteiger partial charge on any atom is -0.479 e. The third kappa shape index (κ3) is 1.69. The number of rotatable bonds is 2. The van der Waals surface area contributed by atoms with Gasteiger partial charge in [0.1, 0.15) is 17.9 Å². The van der Waals surface area contributed by atoms with E-state index < -0.39 is 30.6 Å². The van der Waals surface area contributed by atoms with Crippen molar-refractivity contribution in [1.29, 1.82) is 0 Å². The number of halogens is 1. The Hall–Kier alpha value is -2.33. The fourth-order valence-electron chi connectivity index (χ4n) is 2.12. The standard InChI is InChI=1S/C10H10FN5O4/c11-3-5(17)6(10(18)19)20-9(3)16-2-15-4-7(12)13-1-14-8(4)16/h1-3,5-6,9,17H,(H,18,19)(H2,12,13,14)/t3-,5-,6-,9?/m0/s1. The number of aliphatic hydroxyl groups is 1. The van der Waals surface area contributed by atoms with Gasteiger partial charge in [-0.15, -0.1) is 0 Å². The number of nitrogens with two attached hydrogens (primary N) is 1. The first-order valence-corrected chi connectivity index (χ1v) is 5.64. The largest absolute Gasteiger partial charge is 0.479 e. The van der Waals surface area contributed by atoms with Gasteiger partial charge >= 0.3 is 5.97 Å². The predicted molar refractivity (Wildman–Crippen MR) is 62.2 cm³/mol. The van der Waals surface area contributed by atoms with Crippen LogP contribution in [0.15, 0.2) is 12.7 Å². The molecule has 1 unspecified atom stereocenters. The van der Waals surface area contributed by atoms with Gasteiger partial charge in [0.05, 0.1) is 6.33 Å². The van der Waals surface area contributed by atoms with Gasteiger partial charge < -0.3 is 20.7 Å². The molecule has 10 heteroatoms. The number of imidazole rings is 1. The fraction of sp³-hybridized carbons (Fsp3) is 0.400. The Morgan fingerprint density at radius 2 is 2.20 bits per heavy atom. The van der Waals surface area contributed by atoms with Crippen molar-refractivity contribution in [2.24, 2.45) is 0 Å². The predicted octanol–water partition coefficient (Wildman–Crippen LogP) is -0.910. The van der Waals surface area contributed by atoms with Crippen LogP contribution in [0.4, 0.5) is 10.2 Å². The van der Waals surface area contributed by atoms with Gasteiger partial charge in [-0.3, -0.25) is 4.57 Å². The number of carboxylic acid groups (broad SMARTS) is 1. The van der Waals surface area contributed by atoms with Gasteiger partial charge in [0.15, 0.2) is 30.0 Å². The van der Waals surface area contributed by atoms with Gasteiger partial charge in [-0.2, -0.15) is 0 Å². The SMILES string of the molecule is Nc1ncnc2c1ncn2C1O[C@H](C(=O)O)[C@@H](O)[C@@H]1F. The summed E-state index contributed by atoms with van der Waals surface area (Å²) < 4.78 is 20.2. The van der Waals surface area contributed by atoms with Crippen LogP contribution < -0.4 is 5.73 Å². The number of nitrogens with zero attached hydrogens (tertiary/aromatic N) is 4. The lowest BCUT2D eigenvalue weighted by atomic mass is 10.1. The highest BCUT2D eigenvalue weighted by Gasteiger charge is 2.49. The fourth-order valence-corrected chi connectivity index (χ4v) is 2.12. The van der Waals surface area contributed by atoms with Crippen molar-refractivity contribution in [2.75, 3.05) is 5.73 Å². The van der Waals surface area contributed by atoms with Crippen molar-refractivity contribution in [3.63, 3.8) is 0 Å². The molecule has 0 radical (unpaired) electrons. The highest BCUT2D eigenvalue weighted by atomic mass is 19.1. The topological polar surface area (TPSA) is 136 Å². The molecule has 1 fully saturated rings. The molecule has 3 rings (SSSR count). The van der Waals surface area contributed by atoms with Crippen LogP contribution in [-0.2, 0) is 9.53 Å². The van der Waals surface area contributed by atoms with Crippen LogP contribution in [0, 0.1) is 0 Å². The summed E-state index contributed by atoms with van der Waals surface area (Å²) in [6.45, 7) is 0. The molecule has 2 aromatic heterocycles. The van der Waals surface area contributed by atoms with Crippen LogP contribution >= 0.6 is 0 Å². The minimum absolute atomic E-state index is 0.109. The van der Waals surface area contributed by atoms with Crippen LogP contribution in [0.25, 0.3) is 11.2 Å². The molecule has 0 amide bonds. The van der Waals surface area contributed by atoms with E-state index in [9.17, 15) is 14.3 Å². The number of hydrogen-bond acceptors (Lipinski definition) is 7. The van der Waals surface area contributed by atoms with Crippen LogP contribution in [0.3, 0.4) is 0 Å². The number of aliphatic hydroxyl groups excluding tert-OH is 1. The number of anilines is 1. The maximum Gasteiger partial charge on any atom is 0.335 e. The summed E-state index contributed by atoms with van der Waals surface area (Å²) >= 11 is 0. The van der Waals surface area contributed by atoms with E-state index in [0.717, 1.165) is 0 Å². The number of alkyl halides is 1. The molecule has 3 heterocycles. The lowest BCUT2D eigenvalue weighted by molar-refractivity contribution is -0.155. The van der Waals surface area contributed by atoms with Gasteiger partial charge in [-0.25, -0.2) is 24.1 Å². The zero-order valence-electron chi connectivity index (χ0n) is 9.92. The molecule has 1 aliphatic heterocycles. The monoisotopic (exact) mass is 283 g/mol. The van der Waals surface area contributed by atoms with Crippen molar-refractivity contribution in [3.05, 3.63) is 12.7 Å². The van der Waals surface area contributed by atoms with E-state index in [1.165, 1.54) is 17.2 Å². The highest BCUT2D eigenvalue weighted by molar-refractivity contribution is 5.81. The molecule has 20 heavy (non-hydrogen) atoms. The first-order chi connectivity index (χ1) is 9.50. The summed E-state index contributed by atoms with van der Waals surface area (Å²) in [6.07, 6.45) is -4.30. The number of aromatic nitrogens is 4. The second-order valence-corrected chi connectivity index (χ2v) is 4.30. The molecule has 4 N–H and O–H groups in total. The molecule has 0 bridgehead atoms. The number of fused-ring (bicyclic) bond motifs is 1. The zero-order chi connectivity index (χ0) is 14.4. The van der Waals surface area contributed by atoms with Crippen molar-refractivity contribution >= 4 is 23.0 Å². The summed E-state index contributed by atoms with van der Waals surface area (Å²) in [5, 5.41) is 18.4.